The molecular weight excluding hydrogens is 220 g/mol. The van der Waals surface area contributed by atoms with Gasteiger partial charge in [-0.2, -0.15) is 0 Å². The molecule has 1 N–H and O–H groups in total. The van der Waals surface area contributed by atoms with E-state index in [1.165, 1.54) is 43.4 Å². The Hall–Kier alpha value is -1.02. The highest BCUT2D eigenvalue weighted by Gasteiger charge is 2.35. The highest BCUT2D eigenvalue weighted by molar-refractivity contribution is 5.45. The van der Waals surface area contributed by atoms with E-state index in [1.54, 1.807) is 0 Å². The van der Waals surface area contributed by atoms with E-state index < -0.39 is 0 Å². The lowest BCUT2D eigenvalue weighted by atomic mass is 9.82. The van der Waals surface area contributed by atoms with Gasteiger partial charge < -0.3 is 10.2 Å². The molecule has 0 spiro atoms. The number of hydrogen-bond acceptors (Lipinski definition) is 2. The summed E-state index contributed by atoms with van der Waals surface area (Å²) >= 11 is 0. The maximum atomic E-state index is 3.73. The zero-order chi connectivity index (χ0) is 12.5. The highest BCUT2D eigenvalue weighted by atomic mass is 15.2. The summed E-state index contributed by atoms with van der Waals surface area (Å²) in [6.45, 7) is 2.14. The summed E-state index contributed by atoms with van der Waals surface area (Å²) in [4.78, 5) is 2.62. The van der Waals surface area contributed by atoms with Gasteiger partial charge in [0.05, 0.1) is 0 Å². The van der Waals surface area contributed by atoms with Crippen molar-refractivity contribution in [1.82, 2.24) is 4.90 Å². The number of fused-ring (bicyclic) bond motifs is 2. The number of nitrogens with one attached hydrogen (secondary N) is 1. The van der Waals surface area contributed by atoms with Crippen LogP contribution in [-0.2, 0) is 0 Å². The van der Waals surface area contributed by atoms with E-state index in [9.17, 15) is 0 Å². The Morgan fingerprint density at radius 1 is 1.06 bits per heavy atom. The van der Waals surface area contributed by atoms with Crippen LogP contribution in [0.3, 0.4) is 0 Å². The molecule has 0 saturated carbocycles. The third-order valence-electron chi connectivity index (χ3n) is 4.76. The van der Waals surface area contributed by atoms with E-state index >= 15 is 0 Å². The molecule has 2 unspecified atom stereocenters. The molecule has 2 heteroatoms. The van der Waals surface area contributed by atoms with Crippen molar-refractivity contribution in [2.24, 2.45) is 0 Å². The molecule has 0 aromatic heterocycles. The largest absolute Gasteiger partial charge is 0.382 e. The molecule has 18 heavy (non-hydrogen) atoms. The summed E-state index contributed by atoms with van der Waals surface area (Å²) in [6.07, 6.45) is 6.82. The smallest absolute Gasteiger partial charge is 0.0342 e. The van der Waals surface area contributed by atoms with E-state index in [4.69, 9.17) is 0 Å². The number of rotatable bonds is 2. The van der Waals surface area contributed by atoms with Crippen LogP contribution in [0.2, 0.25) is 0 Å². The fourth-order valence-corrected chi connectivity index (χ4v) is 3.62. The van der Waals surface area contributed by atoms with Crippen molar-refractivity contribution in [3.63, 3.8) is 0 Å². The molecule has 3 rings (SSSR count). The highest BCUT2D eigenvalue weighted by Crippen LogP contribution is 2.33. The zero-order valence-corrected chi connectivity index (χ0v) is 11.5. The van der Waals surface area contributed by atoms with Crippen molar-refractivity contribution in [3.8, 4) is 0 Å². The van der Waals surface area contributed by atoms with Gasteiger partial charge >= 0.3 is 0 Å². The predicted octanol–water partition coefficient (Wildman–Crippen LogP) is 3.42. The number of piperidine rings is 2. The number of anilines is 1. The summed E-state index contributed by atoms with van der Waals surface area (Å²) in [5.41, 5.74) is 2.62. The van der Waals surface area contributed by atoms with E-state index in [0.29, 0.717) is 6.04 Å². The molecular formula is C16H24N2. The molecule has 0 amide bonds. The minimum absolute atomic E-state index is 0.666. The Kier molecular flexibility index (Phi) is 3.29. The van der Waals surface area contributed by atoms with Gasteiger partial charge in [0.1, 0.15) is 0 Å². The summed E-state index contributed by atoms with van der Waals surface area (Å²) in [5.74, 6) is 0. The molecule has 2 fully saturated rings. The standard InChI is InChI=1S/C16H24N2/c1-12-6-8-13(9-7-12)17-14-10-15-4-3-5-16(11-14)18(15)2/h6-9,14-17H,3-5,10-11H2,1-2H3. The zero-order valence-electron chi connectivity index (χ0n) is 11.5. The van der Waals surface area contributed by atoms with Gasteiger partial charge in [0.15, 0.2) is 0 Å². The van der Waals surface area contributed by atoms with Gasteiger partial charge in [0, 0.05) is 23.8 Å². The third-order valence-corrected chi connectivity index (χ3v) is 4.76. The first-order chi connectivity index (χ1) is 8.72. The van der Waals surface area contributed by atoms with Crippen molar-refractivity contribution >= 4 is 5.69 Å². The second-order valence-corrected chi connectivity index (χ2v) is 6.08. The number of hydrogen-bond donors (Lipinski definition) is 1. The van der Waals surface area contributed by atoms with Crippen molar-refractivity contribution in [2.45, 2.75) is 57.2 Å². The number of nitrogens with zero attached hydrogens (tertiary/aromatic N) is 1. The number of aryl methyl sites for hydroxylation is 1. The van der Waals surface area contributed by atoms with Crippen LogP contribution in [0.5, 0.6) is 0 Å². The van der Waals surface area contributed by atoms with E-state index in [-0.39, 0.29) is 0 Å². The quantitative estimate of drug-likeness (QED) is 0.857. The van der Waals surface area contributed by atoms with Crippen LogP contribution in [0.4, 0.5) is 5.69 Å². The molecule has 2 aliphatic rings. The molecule has 2 saturated heterocycles. The van der Waals surface area contributed by atoms with E-state index in [1.807, 2.05) is 0 Å². The second-order valence-electron chi connectivity index (χ2n) is 6.08. The van der Waals surface area contributed by atoms with Crippen molar-refractivity contribution in [2.75, 3.05) is 12.4 Å². The van der Waals surface area contributed by atoms with Gasteiger partial charge in [-0.15, -0.1) is 0 Å². The molecule has 0 radical (unpaired) electrons. The Morgan fingerprint density at radius 3 is 2.28 bits per heavy atom. The average Bonchev–Trinajstić information content (AvgIpc) is 2.33. The molecule has 1 aromatic rings. The average molecular weight is 244 g/mol. The minimum atomic E-state index is 0.666. The fourth-order valence-electron chi connectivity index (χ4n) is 3.62. The Morgan fingerprint density at radius 2 is 1.67 bits per heavy atom. The Balaban J connectivity index is 1.66. The molecule has 2 aliphatic heterocycles. The molecule has 2 atom stereocenters. The minimum Gasteiger partial charge on any atom is -0.382 e. The van der Waals surface area contributed by atoms with Gasteiger partial charge in [0.2, 0.25) is 0 Å². The molecule has 0 aliphatic carbocycles. The van der Waals surface area contributed by atoms with Gasteiger partial charge in [-0.05, 0) is 51.8 Å². The lowest BCUT2D eigenvalue weighted by Gasteiger charge is -2.47. The Labute approximate surface area is 110 Å². The predicted molar refractivity (Wildman–Crippen MR) is 77.0 cm³/mol. The van der Waals surface area contributed by atoms with Gasteiger partial charge in [-0.3, -0.25) is 0 Å². The lowest BCUT2D eigenvalue weighted by molar-refractivity contribution is 0.0608. The van der Waals surface area contributed by atoms with Crippen LogP contribution in [0.1, 0.15) is 37.7 Å². The summed E-state index contributed by atoms with van der Waals surface area (Å²) in [6, 6.07) is 11.1. The van der Waals surface area contributed by atoms with Crippen LogP contribution in [0.15, 0.2) is 24.3 Å². The molecule has 98 valence electrons. The Bertz CT molecular complexity index is 384. The van der Waals surface area contributed by atoms with Crippen LogP contribution < -0.4 is 5.32 Å². The maximum Gasteiger partial charge on any atom is 0.0342 e. The van der Waals surface area contributed by atoms with Crippen LogP contribution in [0, 0.1) is 6.92 Å². The molecule has 2 nitrogen and oxygen atoms in total. The lowest BCUT2D eigenvalue weighted by Crippen LogP contribution is -2.52. The SMILES string of the molecule is Cc1ccc(NC2CC3CCCC(C2)N3C)cc1. The summed E-state index contributed by atoms with van der Waals surface area (Å²) in [5, 5.41) is 3.73. The van der Waals surface area contributed by atoms with E-state index in [2.05, 4.69) is 48.5 Å². The molecule has 1 aromatic carbocycles. The normalized spacial score (nSPS) is 32.2. The van der Waals surface area contributed by atoms with Crippen molar-refractivity contribution in [1.29, 1.82) is 0 Å². The first kappa shape index (κ1) is 12.0. The molecule has 2 bridgehead atoms. The maximum absolute atomic E-state index is 3.73. The molecule has 2 heterocycles. The van der Waals surface area contributed by atoms with E-state index in [0.717, 1.165) is 12.1 Å². The topological polar surface area (TPSA) is 15.3 Å². The van der Waals surface area contributed by atoms with Gasteiger partial charge in [0.25, 0.3) is 0 Å². The first-order valence-electron chi connectivity index (χ1n) is 7.27. The van der Waals surface area contributed by atoms with Gasteiger partial charge in [-0.1, -0.05) is 24.1 Å². The summed E-state index contributed by atoms with van der Waals surface area (Å²) in [7, 11) is 2.32. The van der Waals surface area contributed by atoms with Crippen LogP contribution >= 0.6 is 0 Å². The van der Waals surface area contributed by atoms with Crippen molar-refractivity contribution < 1.29 is 0 Å². The monoisotopic (exact) mass is 244 g/mol. The van der Waals surface area contributed by atoms with Crippen LogP contribution in [-0.4, -0.2) is 30.1 Å². The number of benzene rings is 1. The third kappa shape index (κ3) is 2.39. The van der Waals surface area contributed by atoms with Crippen LogP contribution in [0.25, 0.3) is 0 Å². The second kappa shape index (κ2) is 4.93. The fraction of sp³-hybridized carbons (Fsp3) is 0.625. The first-order valence-corrected chi connectivity index (χ1v) is 7.27. The summed E-state index contributed by atoms with van der Waals surface area (Å²) < 4.78 is 0. The van der Waals surface area contributed by atoms with Gasteiger partial charge in [-0.25, -0.2) is 0 Å². The van der Waals surface area contributed by atoms with Crippen molar-refractivity contribution in [3.05, 3.63) is 29.8 Å².